The monoisotopic (exact) mass is 344 g/mol. The van der Waals surface area contributed by atoms with E-state index in [1.807, 2.05) is 37.2 Å². The molecular formula is C18H28N6O. The molecular weight excluding hydrogens is 316 g/mol. The summed E-state index contributed by atoms with van der Waals surface area (Å²) in [5.41, 5.74) is 2.01. The lowest BCUT2D eigenvalue weighted by Gasteiger charge is -2.36. The quantitative estimate of drug-likeness (QED) is 0.875. The Hall–Kier alpha value is -2.31. The lowest BCUT2D eigenvalue weighted by atomic mass is 10.0. The number of rotatable bonds is 5. The summed E-state index contributed by atoms with van der Waals surface area (Å²) in [6.07, 6.45) is 7.68. The average Bonchev–Trinajstić information content (AvgIpc) is 3.23. The SMILES string of the molecule is CCn1ccnc1C1CCCCN1C(=O)NC(C)Cc1cc(C)[nH]n1. The predicted molar refractivity (Wildman–Crippen MR) is 96.2 cm³/mol. The zero-order valence-electron chi connectivity index (χ0n) is 15.3. The van der Waals surface area contributed by atoms with Gasteiger partial charge in [0.1, 0.15) is 5.82 Å². The molecule has 136 valence electrons. The zero-order valence-corrected chi connectivity index (χ0v) is 15.3. The van der Waals surface area contributed by atoms with Crippen molar-refractivity contribution in [2.24, 2.45) is 0 Å². The molecule has 7 nitrogen and oxygen atoms in total. The largest absolute Gasteiger partial charge is 0.335 e. The summed E-state index contributed by atoms with van der Waals surface area (Å²) >= 11 is 0. The molecule has 1 fully saturated rings. The molecule has 1 aliphatic rings. The predicted octanol–water partition coefficient (Wildman–Crippen LogP) is 2.80. The van der Waals surface area contributed by atoms with E-state index < -0.39 is 0 Å². The van der Waals surface area contributed by atoms with E-state index in [0.717, 1.165) is 56.0 Å². The molecule has 2 atom stereocenters. The van der Waals surface area contributed by atoms with Crippen LogP contribution < -0.4 is 5.32 Å². The minimum atomic E-state index is -0.00453. The fourth-order valence-electron chi connectivity index (χ4n) is 3.57. The first-order valence-corrected chi connectivity index (χ1v) is 9.17. The van der Waals surface area contributed by atoms with Gasteiger partial charge in [-0.2, -0.15) is 5.10 Å². The highest BCUT2D eigenvalue weighted by Gasteiger charge is 2.31. The second-order valence-corrected chi connectivity index (χ2v) is 6.87. The van der Waals surface area contributed by atoms with E-state index in [2.05, 4.69) is 32.0 Å². The number of imidazole rings is 1. The number of urea groups is 1. The molecule has 1 aliphatic heterocycles. The number of amides is 2. The van der Waals surface area contributed by atoms with Gasteiger partial charge in [-0.15, -0.1) is 0 Å². The Morgan fingerprint density at radius 1 is 1.48 bits per heavy atom. The Balaban J connectivity index is 1.66. The molecule has 2 amide bonds. The molecule has 2 aromatic heterocycles. The molecule has 0 saturated carbocycles. The van der Waals surface area contributed by atoms with Gasteiger partial charge in [0.05, 0.1) is 11.7 Å². The number of aryl methyl sites for hydroxylation is 2. The Morgan fingerprint density at radius 2 is 2.32 bits per heavy atom. The molecule has 25 heavy (non-hydrogen) atoms. The molecule has 0 radical (unpaired) electrons. The van der Waals surface area contributed by atoms with E-state index in [0.29, 0.717) is 0 Å². The number of carbonyl (C=O) groups excluding carboxylic acids is 1. The molecule has 2 unspecified atom stereocenters. The van der Waals surface area contributed by atoms with Crippen molar-refractivity contribution in [1.82, 2.24) is 30.0 Å². The number of nitrogens with one attached hydrogen (secondary N) is 2. The molecule has 2 N–H and O–H groups in total. The standard InChI is InChI=1S/C18H28N6O/c1-4-23-10-8-19-17(23)16-7-5-6-9-24(16)18(25)20-13(2)11-15-12-14(3)21-22-15/h8,10,12-13,16H,4-7,9,11H2,1-3H3,(H,20,25)(H,21,22). The van der Waals surface area contributed by atoms with Crippen molar-refractivity contribution in [2.45, 2.75) is 65.1 Å². The fourth-order valence-corrected chi connectivity index (χ4v) is 3.57. The van der Waals surface area contributed by atoms with Crippen molar-refractivity contribution in [3.63, 3.8) is 0 Å². The van der Waals surface area contributed by atoms with E-state index in [1.165, 1.54) is 0 Å². The third-order valence-electron chi connectivity index (χ3n) is 4.79. The summed E-state index contributed by atoms with van der Waals surface area (Å²) in [6, 6.07) is 2.10. The Kier molecular flexibility index (Phi) is 5.40. The average molecular weight is 344 g/mol. The van der Waals surface area contributed by atoms with Crippen LogP contribution in [-0.4, -0.2) is 43.3 Å². The van der Waals surface area contributed by atoms with Crippen LogP contribution in [0.15, 0.2) is 18.5 Å². The van der Waals surface area contributed by atoms with Crippen LogP contribution in [0, 0.1) is 6.92 Å². The van der Waals surface area contributed by atoms with Crippen molar-refractivity contribution in [3.05, 3.63) is 35.7 Å². The Labute approximate surface area is 148 Å². The summed E-state index contributed by atoms with van der Waals surface area (Å²) in [4.78, 5) is 19.3. The van der Waals surface area contributed by atoms with Gasteiger partial charge in [0.2, 0.25) is 0 Å². The Bertz CT molecular complexity index is 706. The van der Waals surface area contributed by atoms with E-state index in [9.17, 15) is 4.79 Å². The summed E-state index contributed by atoms with van der Waals surface area (Å²) in [6.45, 7) is 7.76. The number of aromatic amines is 1. The highest BCUT2D eigenvalue weighted by molar-refractivity contribution is 5.75. The molecule has 2 aromatic rings. The lowest BCUT2D eigenvalue weighted by Crippen LogP contribution is -2.48. The van der Waals surface area contributed by atoms with E-state index in [4.69, 9.17) is 0 Å². The number of hydrogen-bond acceptors (Lipinski definition) is 3. The van der Waals surface area contributed by atoms with Crippen LogP contribution in [0.3, 0.4) is 0 Å². The van der Waals surface area contributed by atoms with Gasteiger partial charge < -0.3 is 14.8 Å². The van der Waals surface area contributed by atoms with Crippen molar-refractivity contribution in [3.8, 4) is 0 Å². The van der Waals surface area contributed by atoms with Crippen molar-refractivity contribution >= 4 is 6.03 Å². The number of aromatic nitrogens is 4. The van der Waals surface area contributed by atoms with Crippen molar-refractivity contribution in [2.75, 3.05) is 6.54 Å². The molecule has 0 aromatic carbocycles. The second-order valence-electron chi connectivity index (χ2n) is 6.87. The molecule has 0 bridgehead atoms. The number of piperidine rings is 1. The lowest BCUT2D eigenvalue weighted by molar-refractivity contribution is 0.143. The van der Waals surface area contributed by atoms with Gasteiger partial charge in [0.25, 0.3) is 0 Å². The summed E-state index contributed by atoms with van der Waals surface area (Å²) in [5.74, 6) is 0.993. The number of hydrogen-bond donors (Lipinski definition) is 2. The first-order valence-electron chi connectivity index (χ1n) is 9.17. The van der Waals surface area contributed by atoms with Gasteiger partial charge in [-0.25, -0.2) is 9.78 Å². The van der Waals surface area contributed by atoms with E-state index in [-0.39, 0.29) is 18.1 Å². The van der Waals surface area contributed by atoms with Crippen LogP contribution in [0.4, 0.5) is 4.79 Å². The molecule has 1 saturated heterocycles. The van der Waals surface area contributed by atoms with Crippen LogP contribution in [0.2, 0.25) is 0 Å². The van der Waals surface area contributed by atoms with E-state index >= 15 is 0 Å². The minimum absolute atomic E-state index is 0.00453. The van der Waals surface area contributed by atoms with Crippen LogP contribution in [-0.2, 0) is 13.0 Å². The smallest absolute Gasteiger partial charge is 0.318 e. The third-order valence-corrected chi connectivity index (χ3v) is 4.79. The first-order chi connectivity index (χ1) is 12.1. The topological polar surface area (TPSA) is 78.8 Å². The number of H-pyrrole nitrogens is 1. The highest BCUT2D eigenvalue weighted by atomic mass is 16.2. The van der Waals surface area contributed by atoms with Crippen molar-refractivity contribution in [1.29, 1.82) is 0 Å². The maximum absolute atomic E-state index is 12.9. The van der Waals surface area contributed by atoms with Gasteiger partial charge in [0, 0.05) is 43.6 Å². The number of likely N-dealkylation sites (tertiary alicyclic amines) is 1. The second kappa shape index (κ2) is 7.72. The fraction of sp³-hybridized carbons (Fsp3) is 0.611. The highest BCUT2D eigenvalue weighted by Crippen LogP contribution is 2.30. The molecule has 0 spiro atoms. The summed E-state index contributed by atoms with van der Waals surface area (Å²) < 4.78 is 2.13. The molecule has 7 heteroatoms. The van der Waals surface area contributed by atoms with Crippen LogP contribution >= 0.6 is 0 Å². The molecule has 0 aliphatic carbocycles. The normalized spacial score (nSPS) is 19.0. The Morgan fingerprint density at radius 3 is 3.04 bits per heavy atom. The van der Waals surface area contributed by atoms with Gasteiger partial charge in [-0.05, 0) is 46.1 Å². The van der Waals surface area contributed by atoms with Crippen LogP contribution in [0.1, 0.15) is 56.4 Å². The van der Waals surface area contributed by atoms with Crippen molar-refractivity contribution < 1.29 is 4.79 Å². The third kappa shape index (κ3) is 4.03. The van der Waals surface area contributed by atoms with Gasteiger partial charge in [-0.3, -0.25) is 5.10 Å². The minimum Gasteiger partial charge on any atom is -0.335 e. The van der Waals surface area contributed by atoms with Gasteiger partial charge in [0.15, 0.2) is 0 Å². The summed E-state index contributed by atoms with van der Waals surface area (Å²) in [7, 11) is 0. The van der Waals surface area contributed by atoms with Crippen LogP contribution in [0.5, 0.6) is 0 Å². The maximum Gasteiger partial charge on any atom is 0.318 e. The number of carbonyl (C=O) groups is 1. The zero-order chi connectivity index (χ0) is 17.8. The molecule has 3 heterocycles. The van der Waals surface area contributed by atoms with Gasteiger partial charge in [-0.1, -0.05) is 0 Å². The molecule has 3 rings (SSSR count). The maximum atomic E-state index is 12.9. The van der Waals surface area contributed by atoms with Gasteiger partial charge >= 0.3 is 6.03 Å². The summed E-state index contributed by atoms with van der Waals surface area (Å²) in [5, 5.41) is 10.3. The van der Waals surface area contributed by atoms with Crippen LogP contribution in [0.25, 0.3) is 0 Å². The number of nitrogens with zero attached hydrogens (tertiary/aromatic N) is 4. The first kappa shape index (κ1) is 17.5. The van der Waals surface area contributed by atoms with E-state index in [1.54, 1.807) is 0 Å².